The van der Waals surface area contributed by atoms with Crippen LogP contribution in [0.4, 0.5) is 17.6 Å². The number of rotatable bonds is 6. The number of benzene rings is 1. The Labute approximate surface area is 125 Å². The van der Waals surface area contributed by atoms with Gasteiger partial charge >= 0.3 is 6.18 Å². The van der Waals surface area contributed by atoms with Crippen molar-refractivity contribution < 1.29 is 17.6 Å². The Morgan fingerprint density at radius 2 is 2.00 bits per heavy atom. The van der Waals surface area contributed by atoms with E-state index in [1.165, 1.54) is 23.5 Å². The Bertz CT molecular complexity index is 591. The maximum Gasteiger partial charge on any atom is 0.389 e. The van der Waals surface area contributed by atoms with Gasteiger partial charge in [-0.2, -0.15) is 13.2 Å². The van der Waals surface area contributed by atoms with Crippen molar-refractivity contribution >= 4 is 21.4 Å². The van der Waals surface area contributed by atoms with Crippen LogP contribution in [-0.4, -0.2) is 12.7 Å². The third-order valence-electron chi connectivity index (χ3n) is 3.24. The van der Waals surface area contributed by atoms with E-state index < -0.39 is 12.6 Å². The molecule has 2 aromatic rings. The van der Waals surface area contributed by atoms with Crippen molar-refractivity contribution in [3.05, 3.63) is 35.0 Å². The van der Waals surface area contributed by atoms with Gasteiger partial charge in [-0.15, -0.1) is 11.3 Å². The number of halogens is 4. The Kier molecular flexibility index (Phi) is 5.22. The molecule has 2 rings (SSSR count). The molecule has 1 N–H and O–H groups in total. The van der Waals surface area contributed by atoms with Crippen molar-refractivity contribution in [1.82, 2.24) is 5.32 Å². The fourth-order valence-corrected chi connectivity index (χ4v) is 3.46. The third-order valence-corrected chi connectivity index (χ3v) is 4.47. The summed E-state index contributed by atoms with van der Waals surface area (Å²) < 4.78 is 50.9. The van der Waals surface area contributed by atoms with Crippen molar-refractivity contribution in [3.8, 4) is 0 Å². The summed E-state index contributed by atoms with van der Waals surface area (Å²) in [5.41, 5.74) is 0. The summed E-state index contributed by atoms with van der Waals surface area (Å²) in [7, 11) is 0. The zero-order valence-electron chi connectivity index (χ0n) is 11.6. The zero-order valence-corrected chi connectivity index (χ0v) is 12.5. The quantitative estimate of drug-likeness (QED) is 0.701. The fourth-order valence-electron chi connectivity index (χ4n) is 2.30. The molecule has 0 spiro atoms. The SMILES string of the molecule is CCNC(CCCC(F)(F)F)c1cc2cc(F)ccc2s1. The largest absolute Gasteiger partial charge is 0.389 e. The van der Waals surface area contributed by atoms with E-state index in [1.54, 1.807) is 6.07 Å². The Morgan fingerprint density at radius 3 is 2.67 bits per heavy atom. The van der Waals surface area contributed by atoms with Crippen molar-refractivity contribution in [2.45, 2.75) is 38.4 Å². The molecule has 1 aromatic heterocycles. The molecule has 0 aliphatic carbocycles. The van der Waals surface area contributed by atoms with Crippen LogP contribution in [0.1, 0.15) is 37.1 Å². The van der Waals surface area contributed by atoms with Crippen molar-refractivity contribution in [3.63, 3.8) is 0 Å². The molecule has 1 nitrogen and oxygen atoms in total. The maximum absolute atomic E-state index is 13.2. The molecule has 1 unspecified atom stereocenters. The van der Waals surface area contributed by atoms with E-state index in [0.29, 0.717) is 13.0 Å². The minimum atomic E-state index is -4.11. The summed E-state index contributed by atoms with van der Waals surface area (Å²) in [6.07, 6.45) is -4.37. The lowest BCUT2D eigenvalue weighted by molar-refractivity contribution is -0.135. The average Bonchev–Trinajstić information content (AvgIpc) is 2.79. The number of fused-ring (bicyclic) bond motifs is 1. The summed E-state index contributed by atoms with van der Waals surface area (Å²) >= 11 is 1.50. The number of thiophene rings is 1. The molecule has 1 heterocycles. The molecule has 1 aromatic carbocycles. The molecule has 0 radical (unpaired) electrons. The van der Waals surface area contributed by atoms with Crippen LogP contribution in [0.5, 0.6) is 0 Å². The molecular formula is C15H17F4NS. The van der Waals surface area contributed by atoms with Crippen molar-refractivity contribution in [2.75, 3.05) is 6.54 Å². The van der Waals surface area contributed by atoms with Crippen LogP contribution in [-0.2, 0) is 0 Å². The van der Waals surface area contributed by atoms with Crippen LogP contribution >= 0.6 is 11.3 Å². The molecule has 0 saturated carbocycles. The number of nitrogens with one attached hydrogen (secondary N) is 1. The van der Waals surface area contributed by atoms with Crippen LogP contribution in [0.2, 0.25) is 0 Å². The number of hydrogen-bond donors (Lipinski definition) is 1. The van der Waals surface area contributed by atoms with E-state index in [1.807, 2.05) is 13.0 Å². The van der Waals surface area contributed by atoms with Gasteiger partial charge in [0.2, 0.25) is 0 Å². The van der Waals surface area contributed by atoms with Crippen LogP contribution in [0.3, 0.4) is 0 Å². The first-order valence-corrected chi connectivity index (χ1v) is 7.70. The maximum atomic E-state index is 13.2. The molecule has 1 atom stereocenters. The van der Waals surface area contributed by atoms with Gasteiger partial charge in [0.15, 0.2) is 0 Å². The van der Waals surface area contributed by atoms with Crippen molar-refractivity contribution in [1.29, 1.82) is 0 Å². The highest BCUT2D eigenvalue weighted by Gasteiger charge is 2.27. The second-order valence-corrected chi connectivity index (χ2v) is 6.06. The van der Waals surface area contributed by atoms with Gasteiger partial charge in [0.05, 0.1) is 0 Å². The van der Waals surface area contributed by atoms with E-state index >= 15 is 0 Å². The molecular weight excluding hydrogens is 302 g/mol. The molecule has 0 aliphatic rings. The van der Waals surface area contributed by atoms with Crippen LogP contribution in [0, 0.1) is 5.82 Å². The Balaban J connectivity index is 2.11. The smallest absolute Gasteiger partial charge is 0.310 e. The minimum absolute atomic E-state index is 0.0871. The highest BCUT2D eigenvalue weighted by molar-refractivity contribution is 7.19. The van der Waals surface area contributed by atoms with Gasteiger partial charge in [-0.3, -0.25) is 0 Å². The van der Waals surface area contributed by atoms with Gasteiger partial charge in [0.25, 0.3) is 0 Å². The zero-order chi connectivity index (χ0) is 15.5. The molecule has 0 bridgehead atoms. The second kappa shape index (κ2) is 6.75. The minimum Gasteiger partial charge on any atom is -0.310 e. The predicted octanol–water partition coefficient (Wildman–Crippen LogP) is 5.42. The van der Waals surface area contributed by atoms with E-state index in [-0.39, 0.29) is 18.3 Å². The lowest BCUT2D eigenvalue weighted by Gasteiger charge is -2.16. The molecule has 0 fully saturated rings. The summed E-state index contributed by atoms with van der Waals surface area (Å²) in [5.74, 6) is -0.302. The van der Waals surface area contributed by atoms with Gasteiger partial charge in [-0.1, -0.05) is 6.92 Å². The number of hydrogen-bond acceptors (Lipinski definition) is 2. The summed E-state index contributed by atoms with van der Waals surface area (Å²) in [6.45, 7) is 2.60. The van der Waals surface area contributed by atoms with E-state index in [4.69, 9.17) is 0 Å². The monoisotopic (exact) mass is 319 g/mol. The highest BCUT2D eigenvalue weighted by Crippen LogP contribution is 2.33. The first-order valence-electron chi connectivity index (χ1n) is 6.88. The normalized spacial score (nSPS) is 13.8. The molecule has 116 valence electrons. The van der Waals surface area contributed by atoms with Gasteiger partial charge in [-0.25, -0.2) is 4.39 Å². The first kappa shape index (κ1) is 16.2. The van der Waals surface area contributed by atoms with Crippen LogP contribution in [0.25, 0.3) is 10.1 Å². The van der Waals surface area contributed by atoms with Gasteiger partial charge in [-0.05, 0) is 49.0 Å². The topological polar surface area (TPSA) is 12.0 Å². The molecule has 21 heavy (non-hydrogen) atoms. The van der Waals surface area contributed by atoms with Gasteiger partial charge in [0, 0.05) is 22.0 Å². The molecule has 0 saturated heterocycles. The summed E-state index contributed by atoms with van der Waals surface area (Å²) in [4.78, 5) is 0.958. The second-order valence-electron chi connectivity index (χ2n) is 4.95. The summed E-state index contributed by atoms with van der Waals surface area (Å²) in [6, 6.07) is 6.31. The summed E-state index contributed by atoms with van der Waals surface area (Å²) in [5, 5.41) is 4.01. The van der Waals surface area contributed by atoms with Crippen molar-refractivity contribution in [2.24, 2.45) is 0 Å². The van der Waals surface area contributed by atoms with Crippen LogP contribution < -0.4 is 5.32 Å². The average molecular weight is 319 g/mol. The molecule has 6 heteroatoms. The lowest BCUT2D eigenvalue weighted by Crippen LogP contribution is -2.20. The van der Waals surface area contributed by atoms with E-state index in [0.717, 1.165) is 15.0 Å². The van der Waals surface area contributed by atoms with Gasteiger partial charge in [0.1, 0.15) is 5.82 Å². The standard InChI is InChI=1S/C15H17F4NS/c1-2-20-12(4-3-7-15(17,18)19)14-9-10-8-11(16)5-6-13(10)21-14/h5-6,8-9,12,20H,2-4,7H2,1H3. The number of alkyl halides is 3. The Morgan fingerprint density at radius 1 is 1.24 bits per heavy atom. The highest BCUT2D eigenvalue weighted by atomic mass is 32.1. The van der Waals surface area contributed by atoms with E-state index in [9.17, 15) is 17.6 Å². The first-order chi connectivity index (χ1) is 9.89. The van der Waals surface area contributed by atoms with Gasteiger partial charge < -0.3 is 5.32 Å². The Hall–Kier alpha value is -1.14. The van der Waals surface area contributed by atoms with Crippen LogP contribution in [0.15, 0.2) is 24.3 Å². The third kappa shape index (κ3) is 4.68. The lowest BCUT2D eigenvalue weighted by atomic mass is 10.1. The molecule has 0 amide bonds. The predicted molar refractivity (Wildman–Crippen MR) is 78.1 cm³/mol. The fraction of sp³-hybridized carbons (Fsp3) is 0.467. The molecule has 0 aliphatic heterocycles. The van der Waals surface area contributed by atoms with E-state index in [2.05, 4.69) is 5.32 Å².